The van der Waals surface area contributed by atoms with Gasteiger partial charge in [-0.2, -0.15) is 0 Å². The molecule has 0 amide bonds. The summed E-state index contributed by atoms with van der Waals surface area (Å²) < 4.78 is 2.01. The van der Waals surface area contributed by atoms with E-state index in [0.717, 1.165) is 57.2 Å². The SMILES string of the molecule is CCCSC(=CC(=O)c1cc(C(=O)C=C(SCCC)SCCC)ncn1)SCCC. The topological polar surface area (TPSA) is 59.9 Å². The number of thioether (sulfide) groups is 4. The van der Waals surface area contributed by atoms with Crippen LogP contribution in [-0.2, 0) is 0 Å². The molecule has 0 aliphatic carbocycles. The van der Waals surface area contributed by atoms with Crippen molar-refractivity contribution in [3.8, 4) is 0 Å². The highest BCUT2D eigenvalue weighted by molar-refractivity contribution is 8.22. The van der Waals surface area contributed by atoms with E-state index in [0.29, 0.717) is 0 Å². The molecule has 0 aliphatic heterocycles. The molecule has 0 spiro atoms. The maximum atomic E-state index is 12.7. The van der Waals surface area contributed by atoms with Crippen molar-refractivity contribution in [1.29, 1.82) is 0 Å². The number of carbonyl (C=O) groups excluding carboxylic acids is 2. The zero-order valence-electron chi connectivity index (χ0n) is 18.3. The average Bonchev–Trinajstić information content (AvgIpc) is 2.77. The lowest BCUT2D eigenvalue weighted by atomic mass is 10.2. The Hall–Kier alpha value is -0.700. The zero-order valence-corrected chi connectivity index (χ0v) is 21.6. The number of hydrogen-bond acceptors (Lipinski definition) is 8. The molecule has 0 bridgehead atoms. The summed E-state index contributed by atoms with van der Waals surface area (Å²) in [6, 6.07) is 1.51. The summed E-state index contributed by atoms with van der Waals surface area (Å²) in [4.78, 5) is 33.7. The van der Waals surface area contributed by atoms with Crippen molar-refractivity contribution in [1.82, 2.24) is 9.97 Å². The monoisotopic (exact) mass is 484 g/mol. The van der Waals surface area contributed by atoms with E-state index in [1.54, 1.807) is 59.2 Å². The summed E-state index contributed by atoms with van der Waals surface area (Å²) in [5, 5.41) is 0. The second kappa shape index (κ2) is 16.9. The molecule has 0 unspecified atom stereocenters. The minimum absolute atomic E-state index is 0.182. The Morgan fingerprint density at radius 2 is 1.03 bits per heavy atom. The first kappa shape index (κ1) is 27.3. The van der Waals surface area contributed by atoms with Gasteiger partial charge in [0.05, 0.1) is 0 Å². The van der Waals surface area contributed by atoms with E-state index in [-0.39, 0.29) is 23.0 Å². The number of carbonyl (C=O) groups is 2. The van der Waals surface area contributed by atoms with Crippen LogP contribution in [0.3, 0.4) is 0 Å². The van der Waals surface area contributed by atoms with E-state index in [2.05, 4.69) is 37.7 Å². The van der Waals surface area contributed by atoms with Crippen LogP contribution in [-0.4, -0.2) is 44.5 Å². The third kappa shape index (κ3) is 11.1. The molecule has 0 saturated carbocycles. The molecule has 1 aromatic rings. The van der Waals surface area contributed by atoms with E-state index in [9.17, 15) is 9.59 Å². The summed E-state index contributed by atoms with van der Waals surface area (Å²) in [5.74, 6) is 3.53. The minimum atomic E-state index is -0.182. The van der Waals surface area contributed by atoms with Gasteiger partial charge in [-0.05, 0) is 54.8 Å². The van der Waals surface area contributed by atoms with Crippen molar-refractivity contribution in [3.05, 3.63) is 44.4 Å². The lowest BCUT2D eigenvalue weighted by Crippen LogP contribution is -2.06. The highest BCUT2D eigenvalue weighted by Gasteiger charge is 2.13. The lowest BCUT2D eigenvalue weighted by molar-refractivity contribution is 0.104. The van der Waals surface area contributed by atoms with E-state index in [4.69, 9.17) is 0 Å². The Morgan fingerprint density at radius 3 is 1.33 bits per heavy atom. The van der Waals surface area contributed by atoms with Crippen LogP contribution < -0.4 is 0 Å². The average molecular weight is 485 g/mol. The highest BCUT2D eigenvalue weighted by Crippen LogP contribution is 2.31. The Morgan fingerprint density at radius 1 is 0.700 bits per heavy atom. The van der Waals surface area contributed by atoms with Crippen LogP contribution in [0, 0.1) is 0 Å². The van der Waals surface area contributed by atoms with E-state index < -0.39 is 0 Å². The predicted molar refractivity (Wildman–Crippen MR) is 138 cm³/mol. The first-order valence-corrected chi connectivity index (χ1v) is 14.3. The molecule has 0 aromatic carbocycles. The normalized spacial score (nSPS) is 10.5. The molecule has 1 aromatic heterocycles. The van der Waals surface area contributed by atoms with Gasteiger partial charge in [-0.1, -0.05) is 27.7 Å². The van der Waals surface area contributed by atoms with Crippen molar-refractivity contribution in [3.63, 3.8) is 0 Å². The second-order valence-corrected chi connectivity index (χ2v) is 11.4. The van der Waals surface area contributed by atoms with Crippen molar-refractivity contribution >= 4 is 58.6 Å². The molecule has 30 heavy (non-hydrogen) atoms. The quantitative estimate of drug-likeness (QED) is 0.182. The summed E-state index contributed by atoms with van der Waals surface area (Å²) >= 11 is 6.79. The van der Waals surface area contributed by atoms with Crippen LogP contribution >= 0.6 is 47.0 Å². The number of allylic oxidation sites excluding steroid dienone is 2. The van der Waals surface area contributed by atoms with Crippen LogP contribution in [0.5, 0.6) is 0 Å². The van der Waals surface area contributed by atoms with Gasteiger partial charge >= 0.3 is 0 Å². The fourth-order valence-electron chi connectivity index (χ4n) is 2.05. The highest BCUT2D eigenvalue weighted by atomic mass is 32.2. The molecule has 0 N–H and O–H groups in total. The Balaban J connectivity index is 3.00. The third-order valence-corrected chi connectivity index (χ3v) is 8.94. The fraction of sp³-hybridized carbons (Fsp3) is 0.545. The number of hydrogen-bond donors (Lipinski definition) is 0. The molecule has 1 heterocycles. The molecule has 0 saturated heterocycles. The van der Waals surface area contributed by atoms with Crippen molar-refractivity contribution in [2.75, 3.05) is 23.0 Å². The van der Waals surface area contributed by atoms with Gasteiger partial charge in [-0.3, -0.25) is 9.59 Å². The standard InChI is InChI=1S/C22H32N2O2S4/c1-5-9-27-21(28-10-6-2)14-19(25)17-13-18(24-16-23-17)20(26)15-22(29-11-7-3)30-12-8-4/h13-16H,5-12H2,1-4H3. The van der Waals surface area contributed by atoms with Crippen LogP contribution in [0.4, 0.5) is 0 Å². The van der Waals surface area contributed by atoms with Gasteiger partial charge < -0.3 is 0 Å². The fourth-order valence-corrected chi connectivity index (χ4v) is 6.10. The van der Waals surface area contributed by atoms with Crippen LogP contribution in [0.2, 0.25) is 0 Å². The molecule has 0 aliphatic rings. The van der Waals surface area contributed by atoms with E-state index in [1.807, 2.05) is 0 Å². The van der Waals surface area contributed by atoms with Crippen molar-refractivity contribution in [2.45, 2.75) is 53.4 Å². The van der Waals surface area contributed by atoms with Crippen molar-refractivity contribution < 1.29 is 9.59 Å². The molecule has 166 valence electrons. The first-order chi connectivity index (χ1) is 14.5. The van der Waals surface area contributed by atoms with Gasteiger partial charge in [0.2, 0.25) is 11.6 Å². The van der Waals surface area contributed by atoms with Crippen LogP contribution in [0.25, 0.3) is 0 Å². The number of aromatic nitrogens is 2. The number of rotatable bonds is 16. The Bertz CT molecular complexity index is 658. The van der Waals surface area contributed by atoms with Crippen LogP contribution in [0.1, 0.15) is 74.4 Å². The number of ketones is 2. The van der Waals surface area contributed by atoms with Gasteiger partial charge in [0.25, 0.3) is 0 Å². The Labute approximate surface area is 198 Å². The maximum absolute atomic E-state index is 12.7. The summed E-state index contributed by atoms with van der Waals surface area (Å²) in [6.07, 6.45) is 8.80. The lowest BCUT2D eigenvalue weighted by Gasteiger charge is -2.06. The summed E-state index contributed by atoms with van der Waals surface area (Å²) in [5.41, 5.74) is 0.523. The second-order valence-electron chi connectivity index (χ2n) is 6.34. The molecule has 0 radical (unpaired) electrons. The molecule has 8 heteroatoms. The maximum Gasteiger partial charge on any atom is 0.205 e. The summed E-state index contributed by atoms with van der Waals surface area (Å²) in [6.45, 7) is 8.49. The van der Waals surface area contributed by atoms with Crippen LogP contribution in [0.15, 0.2) is 33.0 Å². The molecule has 4 nitrogen and oxygen atoms in total. The van der Waals surface area contributed by atoms with E-state index in [1.165, 1.54) is 12.4 Å². The van der Waals surface area contributed by atoms with Gasteiger partial charge in [0.15, 0.2) is 0 Å². The molecule has 0 atom stereocenters. The van der Waals surface area contributed by atoms with Gasteiger partial charge in [-0.15, -0.1) is 47.0 Å². The third-order valence-electron chi connectivity index (χ3n) is 3.46. The smallest absolute Gasteiger partial charge is 0.205 e. The molecular weight excluding hydrogens is 453 g/mol. The first-order valence-electron chi connectivity index (χ1n) is 10.4. The Kier molecular flexibility index (Phi) is 15.4. The van der Waals surface area contributed by atoms with Gasteiger partial charge in [0, 0.05) is 20.6 Å². The molecule has 0 fully saturated rings. The van der Waals surface area contributed by atoms with Crippen molar-refractivity contribution in [2.24, 2.45) is 0 Å². The molecular formula is C22H32N2O2S4. The largest absolute Gasteiger partial charge is 0.287 e. The van der Waals surface area contributed by atoms with E-state index >= 15 is 0 Å². The zero-order chi connectivity index (χ0) is 22.2. The molecule has 1 rings (SSSR count). The summed E-state index contributed by atoms with van der Waals surface area (Å²) in [7, 11) is 0. The predicted octanol–water partition coefficient (Wildman–Crippen LogP) is 7.10. The van der Waals surface area contributed by atoms with Gasteiger partial charge in [0.1, 0.15) is 17.7 Å². The minimum Gasteiger partial charge on any atom is -0.287 e. The number of nitrogens with zero attached hydrogens (tertiary/aromatic N) is 2. The van der Waals surface area contributed by atoms with Gasteiger partial charge in [-0.25, -0.2) is 9.97 Å².